The van der Waals surface area contributed by atoms with Gasteiger partial charge in [0.05, 0.1) is 0 Å². The predicted octanol–water partition coefficient (Wildman–Crippen LogP) is 0.751. The molecule has 2 unspecified atom stereocenters. The third-order valence-electron chi connectivity index (χ3n) is 3.63. The molecule has 7 nitrogen and oxygen atoms in total. The maximum Gasteiger partial charge on any atom is 0.325 e. The van der Waals surface area contributed by atoms with E-state index in [9.17, 15) is 9.59 Å². The number of ether oxygens (including phenoxy) is 3. The number of nitrogens with two attached hydrogens (primary N) is 2. The van der Waals surface area contributed by atoms with E-state index in [4.69, 9.17) is 25.7 Å². The molecule has 0 fully saturated rings. The molecule has 7 heteroatoms. The van der Waals surface area contributed by atoms with E-state index in [1.54, 1.807) is 0 Å². The van der Waals surface area contributed by atoms with E-state index in [1.165, 1.54) is 0 Å². The Morgan fingerprint density at radius 3 is 1.48 bits per heavy atom. The first-order valence-corrected chi connectivity index (χ1v) is 7.27. The van der Waals surface area contributed by atoms with Crippen molar-refractivity contribution in [2.75, 3.05) is 13.6 Å². The van der Waals surface area contributed by atoms with Crippen LogP contribution in [-0.2, 0) is 23.8 Å². The zero-order chi connectivity index (χ0) is 16.4. The van der Waals surface area contributed by atoms with Gasteiger partial charge >= 0.3 is 11.9 Å². The summed E-state index contributed by atoms with van der Waals surface area (Å²) in [6.07, 6.45) is 1.56. The molecular formula is C14H28N2O5. The fraction of sp³-hybridized carbons (Fsp3) is 0.857. The van der Waals surface area contributed by atoms with Crippen molar-refractivity contribution in [2.24, 2.45) is 23.3 Å². The van der Waals surface area contributed by atoms with Crippen LogP contribution in [0.4, 0.5) is 0 Å². The van der Waals surface area contributed by atoms with Crippen molar-refractivity contribution >= 4 is 11.9 Å². The van der Waals surface area contributed by atoms with E-state index in [2.05, 4.69) is 0 Å². The highest BCUT2D eigenvalue weighted by molar-refractivity contribution is 5.76. The van der Waals surface area contributed by atoms with Crippen LogP contribution in [0.15, 0.2) is 0 Å². The average Bonchev–Trinajstić information content (AvgIpc) is 2.50. The Labute approximate surface area is 126 Å². The highest BCUT2D eigenvalue weighted by Crippen LogP contribution is 2.07. The summed E-state index contributed by atoms with van der Waals surface area (Å²) in [5.41, 5.74) is 11.4. The summed E-state index contributed by atoms with van der Waals surface area (Å²) in [6, 6.07) is -1.36. The molecule has 0 radical (unpaired) electrons. The van der Waals surface area contributed by atoms with E-state index < -0.39 is 24.0 Å². The van der Waals surface area contributed by atoms with Crippen molar-refractivity contribution in [3.63, 3.8) is 0 Å². The van der Waals surface area contributed by atoms with Gasteiger partial charge in [0.25, 0.3) is 0 Å². The Kier molecular flexibility index (Phi) is 9.94. The monoisotopic (exact) mass is 304 g/mol. The van der Waals surface area contributed by atoms with Crippen molar-refractivity contribution in [2.45, 2.75) is 52.6 Å². The van der Waals surface area contributed by atoms with Gasteiger partial charge in [-0.15, -0.1) is 0 Å². The molecule has 124 valence electrons. The van der Waals surface area contributed by atoms with Crippen LogP contribution >= 0.6 is 0 Å². The van der Waals surface area contributed by atoms with Crippen molar-refractivity contribution in [1.82, 2.24) is 0 Å². The van der Waals surface area contributed by atoms with Crippen molar-refractivity contribution in [3.8, 4) is 0 Å². The predicted molar refractivity (Wildman–Crippen MR) is 77.9 cm³/mol. The van der Waals surface area contributed by atoms with Crippen LogP contribution in [0.1, 0.15) is 40.5 Å². The van der Waals surface area contributed by atoms with Crippen LogP contribution in [0.25, 0.3) is 0 Å². The SMILES string of the molecule is CCC(C)[C@H](N)C(=O)OCOCOC(=O)[C@@H](N)C(C)CC. The Morgan fingerprint density at radius 2 is 1.19 bits per heavy atom. The fourth-order valence-electron chi connectivity index (χ4n) is 1.40. The number of hydrogen-bond acceptors (Lipinski definition) is 7. The first kappa shape index (κ1) is 19.8. The maximum atomic E-state index is 11.5. The molecule has 0 amide bonds. The summed E-state index contributed by atoms with van der Waals surface area (Å²) in [5, 5.41) is 0. The third-order valence-corrected chi connectivity index (χ3v) is 3.63. The summed E-state index contributed by atoms with van der Waals surface area (Å²) >= 11 is 0. The van der Waals surface area contributed by atoms with Crippen molar-refractivity contribution in [3.05, 3.63) is 0 Å². The summed E-state index contributed by atoms with van der Waals surface area (Å²) in [5.74, 6) is -1.01. The van der Waals surface area contributed by atoms with E-state index in [0.29, 0.717) is 0 Å². The van der Waals surface area contributed by atoms with Crippen LogP contribution in [-0.4, -0.2) is 37.6 Å². The number of carbonyl (C=O) groups is 2. The van der Waals surface area contributed by atoms with E-state index in [1.807, 2.05) is 27.7 Å². The highest BCUT2D eigenvalue weighted by atomic mass is 16.8. The van der Waals surface area contributed by atoms with Gasteiger partial charge in [0, 0.05) is 0 Å². The van der Waals surface area contributed by atoms with Gasteiger partial charge in [-0.2, -0.15) is 0 Å². The van der Waals surface area contributed by atoms with Gasteiger partial charge in [-0.3, -0.25) is 9.59 Å². The maximum absolute atomic E-state index is 11.5. The minimum atomic E-state index is -0.681. The molecule has 4 atom stereocenters. The summed E-state index contributed by atoms with van der Waals surface area (Å²) in [7, 11) is 0. The second-order valence-electron chi connectivity index (χ2n) is 5.19. The van der Waals surface area contributed by atoms with Gasteiger partial charge in [-0.05, 0) is 11.8 Å². The second-order valence-corrected chi connectivity index (χ2v) is 5.19. The lowest BCUT2D eigenvalue weighted by Crippen LogP contribution is -2.39. The van der Waals surface area contributed by atoms with Gasteiger partial charge in [-0.1, -0.05) is 40.5 Å². The molecule has 0 aromatic rings. The van der Waals surface area contributed by atoms with Gasteiger partial charge in [0.1, 0.15) is 12.1 Å². The molecule has 0 spiro atoms. The number of hydrogen-bond donors (Lipinski definition) is 2. The molecule has 0 aromatic heterocycles. The van der Waals surface area contributed by atoms with Gasteiger partial charge in [0.2, 0.25) is 0 Å². The highest BCUT2D eigenvalue weighted by Gasteiger charge is 2.22. The third kappa shape index (κ3) is 7.40. The fourth-order valence-corrected chi connectivity index (χ4v) is 1.40. The second kappa shape index (κ2) is 10.5. The first-order chi connectivity index (χ1) is 9.84. The molecule has 0 aliphatic heterocycles. The molecule has 0 bridgehead atoms. The summed E-state index contributed by atoms with van der Waals surface area (Å²) in [6.45, 7) is 6.99. The topological polar surface area (TPSA) is 114 Å². The molecular weight excluding hydrogens is 276 g/mol. The standard InChI is InChI=1S/C14H28N2O5/c1-5-9(3)11(15)13(17)20-7-19-8-21-14(18)12(16)10(4)6-2/h9-12H,5-8,15-16H2,1-4H3/t9?,10?,11-,12-/m0/s1. The average molecular weight is 304 g/mol. The largest absolute Gasteiger partial charge is 0.437 e. The van der Waals surface area contributed by atoms with E-state index in [-0.39, 0.29) is 25.4 Å². The molecule has 0 saturated heterocycles. The molecule has 4 N–H and O–H groups in total. The van der Waals surface area contributed by atoms with Gasteiger partial charge < -0.3 is 25.7 Å². The van der Waals surface area contributed by atoms with Gasteiger partial charge in [-0.25, -0.2) is 0 Å². The Balaban J connectivity index is 3.82. The summed E-state index contributed by atoms with van der Waals surface area (Å²) in [4.78, 5) is 23.0. The molecule has 0 saturated carbocycles. The van der Waals surface area contributed by atoms with E-state index >= 15 is 0 Å². The Hall–Kier alpha value is -1.18. The van der Waals surface area contributed by atoms with Crippen molar-refractivity contribution < 1.29 is 23.8 Å². The lowest BCUT2D eigenvalue weighted by molar-refractivity contribution is -0.179. The first-order valence-electron chi connectivity index (χ1n) is 7.27. The number of esters is 2. The smallest absolute Gasteiger partial charge is 0.325 e. The Bertz CT molecular complexity index is 294. The molecule has 0 aliphatic carbocycles. The molecule has 0 heterocycles. The van der Waals surface area contributed by atoms with Crippen LogP contribution in [0.5, 0.6) is 0 Å². The minimum absolute atomic E-state index is 0.0313. The quantitative estimate of drug-likeness (QED) is 0.348. The number of rotatable bonds is 10. The molecule has 21 heavy (non-hydrogen) atoms. The lowest BCUT2D eigenvalue weighted by Gasteiger charge is -2.18. The van der Waals surface area contributed by atoms with Crippen LogP contribution in [0.3, 0.4) is 0 Å². The van der Waals surface area contributed by atoms with Crippen LogP contribution in [0, 0.1) is 11.8 Å². The van der Waals surface area contributed by atoms with E-state index in [0.717, 1.165) is 12.8 Å². The summed E-state index contributed by atoms with van der Waals surface area (Å²) < 4.78 is 14.6. The molecule has 0 aromatic carbocycles. The number of carbonyl (C=O) groups excluding carboxylic acids is 2. The Morgan fingerprint density at radius 1 is 0.857 bits per heavy atom. The molecule has 0 rings (SSSR count). The molecule has 0 aliphatic rings. The zero-order valence-corrected chi connectivity index (χ0v) is 13.3. The minimum Gasteiger partial charge on any atom is -0.437 e. The van der Waals surface area contributed by atoms with Crippen LogP contribution in [0.2, 0.25) is 0 Å². The van der Waals surface area contributed by atoms with Crippen molar-refractivity contribution in [1.29, 1.82) is 0 Å². The van der Waals surface area contributed by atoms with Gasteiger partial charge in [0.15, 0.2) is 13.6 Å². The normalized spacial score (nSPS) is 16.7. The lowest BCUT2D eigenvalue weighted by atomic mass is 10.0. The van der Waals surface area contributed by atoms with Crippen LogP contribution < -0.4 is 11.5 Å². The zero-order valence-electron chi connectivity index (χ0n) is 13.3.